The largest absolute Gasteiger partial charge is 0.496 e. The molecule has 1 amide bonds. The number of anilines is 3. The third kappa shape index (κ3) is 4.92. The lowest BCUT2D eigenvalue weighted by Crippen LogP contribution is -2.44. The van der Waals surface area contributed by atoms with E-state index in [1.54, 1.807) is 30.5 Å². The van der Waals surface area contributed by atoms with Crippen LogP contribution in [0.2, 0.25) is 0 Å². The Morgan fingerprint density at radius 3 is 2.77 bits per heavy atom. The van der Waals surface area contributed by atoms with E-state index in [0.29, 0.717) is 30.1 Å². The van der Waals surface area contributed by atoms with Gasteiger partial charge >= 0.3 is 0 Å². The third-order valence-electron chi connectivity index (χ3n) is 7.65. The number of hydrogen-bond acceptors (Lipinski definition) is 7. The fraction of sp³-hybridized carbons (Fsp3) is 0.345. The van der Waals surface area contributed by atoms with Crippen molar-refractivity contribution in [3.8, 4) is 5.75 Å². The van der Waals surface area contributed by atoms with Gasteiger partial charge in [0.2, 0.25) is 0 Å². The van der Waals surface area contributed by atoms with E-state index in [2.05, 4.69) is 20.2 Å². The minimum absolute atomic E-state index is 0.0469. The molecule has 6 rings (SSSR count). The number of nitrogens with one attached hydrogen (secondary N) is 1. The van der Waals surface area contributed by atoms with Gasteiger partial charge in [0.05, 0.1) is 29.0 Å². The van der Waals surface area contributed by atoms with Crippen molar-refractivity contribution in [2.24, 2.45) is 0 Å². The summed E-state index contributed by atoms with van der Waals surface area (Å²) in [4.78, 5) is 24.4. The number of nitrogens with zero attached hydrogens (tertiary/aromatic N) is 6. The third-order valence-corrected chi connectivity index (χ3v) is 7.65. The van der Waals surface area contributed by atoms with Gasteiger partial charge in [-0.1, -0.05) is 0 Å². The summed E-state index contributed by atoms with van der Waals surface area (Å²) in [6.45, 7) is 3.83. The van der Waals surface area contributed by atoms with Crippen LogP contribution in [0.1, 0.15) is 38.9 Å². The Morgan fingerprint density at radius 1 is 1.10 bits per heavy atom. The van der Waals surface area contributed by atoms with Crippen LogP contribution in [0.5, 0.6) is 5.75 Å². The van der Waals surface area contributed by atoms with Crippen LogP contribution in [-0.4, -0.2) is 72.2 Å². The van der Waals surface area contributed by atoms with Gasteiger partial charge in [0.25, 0.3) is 5.91 Å². The zero-order valence-corrected chi connectivity index (χ0v) is 22.0. The van der Waals surface area contributed by atoms with Crippen molar-refractivity contribution >= 4 is 28.7 Å². The predicted molar refractivity (Wildman–Crippen MR) is 149 cm³/mol. The summed E-state index contributed by atoms with van der Waals surface area (Å²) in [5.41, 5.74) is 1.71. The van der Waals surface area contributed by atoms with E-state index in [9.17, 15) is 13.6 Å². The number of fused-ring (bicyclic) bond motifs is 1. The Bertz CT molecular complexity index is 1660. The molecule has 9 nitrogen and oxygen atoms in total. The number of methoxy groups -OCH3 is 1. The Kier molecular flexibility index (Phi) is 6.05. The van der Waals surface area contributed by atoms with Gasteiger partial charge in [-0.2, -0.15) is 5.10 Å². The highest BCUT2D eigenvalue weighted by Crippen LogP contribution is 2.37. The van der Waals surface area contributed by atoms with Gasteiger partial charge in [-0.3, -0.25) is 4.79 Å². The summed E-state index contributed by atoms with van der Waals surface area (Å²) < 4.78 is 58.3. The Labute approximate surface area is 235 Å². The summed E-state index contributed by atoms with van der Waals surface area (Å²) in [7, 11) is -0.718. The van der Waals surface area contributed by atoms with E-state index in [4.69, 9.17) is 13.8 Å². The van der Waals surface area contributed by atoms with Gasteiger partial charge in [0.15, 0.2) is 5.65 Å². The molecule has 0 radical (unpaired) electrons. The number of piperazine rings is 1. The summed E-state index contributed by atoms with van der Waals surface area (Å²) in [5.74, 6) is -1.11. The molecule has 2 saturated heterocycles. The number of benzene rings is 2. The molecule has 1 unspecified atom stereocenters. The van der Waals surface area contributed by atoms with Crippen molar-refractivity contribution in [2.75, 3.05) is 61.9 Å². The van der Waals surface area contributed by atoms with Crippen molar-refractivity contribution < 1.29 is 22.4 Å². The second-order valence-electron chi connectivity index (χ2n) is 10.2. The first-order chi connectivity index (χ1) is 20.6. The fourth-order valence-corrected chi connectivity index (χ4v) is 5.48. The number of amides is 1. The maximum Gasteiger partial charge on any atom is 0.259 e. The minimum Gasteiger partial charge on any atom is -0.496 e. The van der Waals surface area contributed by atoms with E-state index < -0.39 is 30.6 Å². The molecule has 40 heavy (non-hydrogen) atoms. The summed E-state index contributed by atoms with van der Waals surface area (Å²) in [6.07, 6.45) is 4.53. The Hall–Kier alpha value is -4.25. The molecular formula is C29H31F2N7O2. The number of likely N-dealkylation sites (N-methyl/N-ethyl adjacent to an activating group) is 1. The molecule has 11 heteroatoms. The van der Waals surface area contributed by atoms with Gasteiger partial charge in [-0.15, -0.1) is 0 Å². The molecule has 1 N–H and O–H groups in total. The average Bonchev–Trinajstić information content (AvgIpc) is 3.61. The van der Waals surface area contributed by atoms with E-state index >= 15 is 0 Å². The van der Waals surface area contributed by atoms with Crippen LogP contribution in [0.15, 0.2) is 54.9 Å². The molecule has 4 heterocycles. The molecule has 2 aromatic heterocycles. The molecule has 0 saturated carbocycles. The molecule has 0 spiro atoms. The van der Waals surface area contributed by atoms with Crippen LogP contribution in [-0.2, 0) is 0 Å². The molecule has 2 fully saturated rings. The zero-order chi connectivity index (χ0) is 30.3. The van der Waals surface area contributed by atoms with Gasteiger partial charge in [0, 0.05) is 56.2 Å². The number of rotatable bonds is 6. The van der Waals surface area contributed by atoms with E-state index in [0.717, 1.165) is 50.4 Å². The standard InChI is InChI=1S/C29H31F2N7O2/c1-35-12-14-36(15-13-35)20-6-7-21(26(17-20)40-2)29(39)33-24-18-32-38-11-9-27(34-28(24)38)37-10-3-4-25(37)22-16-19(30)5-8-23(22)31/h5-9,11,16-18,25H,3-4,10,12-15H2,1-2H3,(H,33,39)/i2D3. The van der Waals surface area contributed by atoms with Crippen LogP contribution in [0.4, 0.5) is 26.0 Å². The molecule has 2 aliphatic heterocycles. The number of hydrogen-bond donors (Lipinski definition) is 1. The number of halogens is 2. The van der Waals surface area contributed by atoms with Crippen molar-refractivity contribution in [3.63, 3.8) is 0 Å². The van der Waals surface area contributed by atoms with Crippen LogP contribution in [0, 0.1) is 11.6 Å². The summed E-state index contributed by atoms with van der Waals surface area (Å²) in [5, 5.41) is 7.07. The normalized spacial score (nSPS) is 19.4. The topological polar surface area (TPSA) is 78.2 Å². The lowest BCUT2D eigenvalue weighted by Gasteiger charge is -2.34. The van der Waals surface area contributed by atoms with Crippen molar-refractivity contribution in [3.05, 3.63) is 77.6 Å². The van der Waals surface area contributed by atoms with Crippen molar-refractivity contribution in [2.45, 2.75) is 18.9 Å². The minimum atomic E-state index is -2.76. The smallest absolute Gasteiger partial charge is 0.259 e. The fourth-order valence-electron chi connectivity index (χ4n) is 5.48. The van der Waals surface area contributed by atoms with E-state index in [-0.39, 0.29) is 16.9 Å². The second kappa shape index (κ2) is 10.7. The van der Waals surface area contributed by atoms with Crippen LogP contribution < -0.4 is 19.9 Å². The number of carbonyl (C=O) groups excluding carboxylic acids is 1. The molecule has 1 atom stereocenters. The Morgan fingerprint density at radius 2 is 1.95 bits per heavy atom. The lowest BCUT2D eigenvalue weighted by atomic mass is 10.0. The van der Waals surface area contributed by atoms with Crippen LogP contribution in [0.3, 0.4) is 0 Å². The highest BCUT2D eigenvalue weighted by molar-refractivity contribution is 6.08. The van der Waals surface area contributed by atoms with Crippen molar-refractivity contribution in [1.29, 1.82) is 0 Å². The molecule has 0 aliphatic carbocycles. The molecule has 2 aromatic carbocycles. The highest BCUT2D eigenvalue weighted by Gasteiger charge is 2.30. The van der Waals surface area contributed by atoms with Crippen molar-refractivity contribution in [1.82, 2.24) is 19.5 Å². The first-order valence-corrected chi connectivity index (χ1v) is 13.2. The first-order valence-electron chi connectivity index (χ1n) is 14.7. The average molecular weight is 551 g/mol. The number of aromatic nitrogens is 3. The predicted octanol–water partition coefficient (Wildman–Crippen LogP) is 4.36. The Balaban J connectivity index is 1.28. The molecule has 0 bridgehead atoms. The molecular weight excluding hydrogens is 516 g/mol. The second-order valence-corrected chi connectivity index (χ2v) is 10.2. The van der Waals surface area contributed by atoms with Crippen LogP contribution in [0.25, 0.3) is 5.65 Å². The summed E-state index contributed by atoms with van der Waals surface area (Å²) >= 11 is 0. The van der Waals surface area contributed by atoms with Crippen LogP contribution >= 0.6 is 0 Å². The SMILES string of the molecule is [2H]C([2H])([2H])Oc1cc(N2CCN(C)CC2)ccc1C(=O)Nc1cnn2ccc(N3CCCC3c3cc(F)ccc3F)nc12. The molecule has 4 aromatic rings. The van der Waals surface area contributed by atoms with Gasteiger partial charge in [-0.25, -0.2) is 18.3 Å². The number of ether oxygens (including phenoxy) is 1. The molecule has 2 aliphatic rings. The maximum absolute atomic E-state index is 14.6. The summed E-state index contributed by atoms with van der Waals surface area (Å²) in [6, 6.07) is 9.69. The quantitative estimate of drug-likeness (QED) is 0.382. The molecule has 208 valence electrons. The van der Waals surface area contributed by atoms with Gasteiger partial charge in [-0.05, 0) is 56.3 Å². The van der Waals surface area contributed by atoms with E-state index in [1.165, 1.54) is 16.8 Å². The first kappa shape index (κ1) is 22.6. The van der Waals surface area contributed by atoms with E-state index in [1.807, 2.05) is 11.9 Å². The maximum atomic E-state index is 14.6. The lowest BCUT2D eigenvalue weighted by molar-refractivity contribution is 0.102. The number of carbonyl (C=O) groups is 1. The van der Waals surface area contributed by atoms with Gasteiger partial charge < -0.3 is 24.8 Å². The highest BCUT2D eigenvalue weighted by atomic mass is 19.1. The monoisotopic (exact) mass is 550 g/mol. The zero-order valence-electron chi connectivity index (χ0n) is 25.0. The van der Waals surface area contributed by atoms with Gasteiger partial charge in [0.1, 0.15) is 28.9 Å².